The van der Waals surface area contributed by atoms with Crippen molar-refractivity contribution in [2.24, 2.45) is 10.2 Å². The fraction of sp³-hybridized carbons (Fsp3) is 0.136. The number of benzene rings is 3. The lowest BCUT2D eigenvalue weighted by atomic mass is 9.97. The standard InChI is InChI=1S/C22H17N3O3S/c1-14(26)13-29-22-12-21(23-24-22)19-9-18(10-20(11-19)25(27)28)17-7-6-15-4-2-3-5-16(15)8-17/h2-11H,12-13H2,1H3. The lowest BCUT2D eigenvalue weighted by molar-refractivity contribution is -0.384. The van der Waals surface area contributed by atoms with Crippen LogP contribution < -0.4 is 0 Å². The molecule has 6 nitrogen and oxygen atoms in total. The van der Waals surface area contributed by atoms with E-state index in [-0.39, 0.29) is 11.5 Å². The highest BCUT2D eigenvalue weighted by molar-refractivity contribution is 8.14. The van der Waals surface area contributed by atoms with Crippen LogP contribution in [0.3, 0.4) is 0 Å². The van der Waals surface area contributed by atoms with Crippen LogP contribution in [-0.2, 0) is 4.79 Å². The minimum absolute atomic E-state index is 0.0122. The van der Waals surface area contributed by atoms with Crippen LogP contribution in [0.25, 0.3) is 21.9 Å². The van der Waals surface area contributed by atoms with Gasteiger partial charge in [-0.1, -0.05) is 36.4 Å². The molecule has 1 aliphatic heterocycles. The summed E-state index contributed by atoms with van der Waals surface area (Å²) in [6, 6.07) is 19.0. The number of ketones is 1. The number of fused-ring (bicyclic) bond motifs is 1. The van der Waals surface area contributed by atoms with Crippen LogP contribution in [-0.4, -0.2) is 27.2 Å². The van der Waals surface area contributed by atoms with Gasteiger partial charge in [0.15, 0.2) is 0 Å². The number of Topliss-reactive ketones (excluding diaryl/α,β-unsaturated/α-hetero) is 1. The van der Waals surface area contributed by atoms with Gasteiger partial charge in [0.2, 0.25) is 0 Å². The Bertz CT molecular complexity index is 1200. The van der Waals surface area contributed by atoms with Gasteiger partial charge in [-0.15, -0.1) is 16.9 Å². The Hall–Kier alpha value is -3.32. The monoisotopic (exact) mass is 403 g/mol. The van der Waals surface area contributed by atoms with Crippen molar-refractivity contribution in [3.8, 4) is 11.1 Å². The Balaban J connectivity index is 1.68. The average molecular weight is 403 g/mol. The first-order valence-electron chi connectivity index (χ1n) is 9.04. The third kappa shape index (κ3) is 4.25. The van der Waals surface area contributed by atoms with E-state index in [4.69, 9.17) is 0 Å². The molecule has 0 bridgehead atoms. The molecule has 144 valence electrons. The van der Waals surface area contributed by atoms with Gasteiger partial charge in [-0.2, -0.15) is 5.10 Å². The highest BCUT2D eigenvalue weighted by Crippen LogP contribution is 2.30. The summed E-state index contributed by atoms with van der Waals surface area (Å²) in [7, 11) is 0. The van der Waals surface area contributed by atoms with E-state index in [9.17, 15) is 14.9 Å². The molecule has 4 rings (SSSR count). The lowest BCUT2D eigenvalue weighted by Gasteiger charge is -2.08. The quantitative estimate of drug-likeness (QED) is 0.430. The van der Waals surface area contributed by atoms with E-state index in [1.807, 2.05) is 48.5 Å². The number of nitro benzene ring substituents is 1. The first kappa shape index (κ1) is 19.0. The normalized spacial score (nSPS) is 13.3. The second kappa shape index (κ2) is 7.97. The number of hydrogen-bond donors (Lipinski definition) is 0. The largest absolute Gasteiger partial charge is 0.299 e. The zero-order valence-corrected chi connectivity index (χ0v) is 16.5. The van der Waals surface area contributed by atoms with E-state index in [1.165, 1.54) is 24.8 Å². The predicted octanol–water partition coefficient (Wildman–Crippen LogP) is 5.24. The predicted molar refractivity (Wildman–Crippen MR) is 118 cm³/mol. The van der Waals surface area contributed by atoms with Crippen molar-refractivity contribution in [2.75, 3.05) is 5.75 Å². The van der Waals surface area contributed by atoms with Crippen LogP contribution in [0.2, 0.25) is 0 Å². The van der Waals surface area contributed by atoms with Crippen molar-refractivity contribution >= 4 is 44.8 Å². The second-order valence-corrected chi connectivity index (χ2v) is 7.84. The molecule has 0 N–H and O–H groups in total. The molecule has 0 saturated heterocycles. The molecule has 0 atom stereocenters. The Kier molecular flexibility index (Phi) is 5.22. The van der Waals surface area contributed by atoms with Gasteiger partial charge >= 0.3 is 0 Å². The number of carbonyl (C=O) groups excluding carboxylic acids is 1. The zero-order valence-electron chi connectivity index (χ0n) is 15.7. The van der Waals surface area contributed by atoms with Gasteiger partial charge in [0.05, 0.1) is 16.4 Å². The fourth-order valence-electron chi connectivity index (χ4n) is 3.17. The Morgan fingerprint density at radius 1 is 1.00 bits per heavy atom. The molecule has 0 radical (unpaired) electrons. The molecule has 0 spiro atoms. The molecule has 3 aromatic carbocycles. The van der Waals surface area contributed by atoms with Crippen LogP contribution in [0.1, 0.15) is 18.9 Å². The van der Waals surface area contributed by atoms with Crippen molar-refractivity contribution in [2.45, 2.75) is 13.3 Å². The average Bonchev–Trinajstić information content (AvgIpc) is 3.20. The highest BCUT2D eigenvalue weighted by atomic mass is 32.2. The van der Waals surface area contributed by atoms with Crippen LogP contribution in [0.5, 0.6) is 0 Å². The molecule has 1 heterocycles. The van der Waals surface area contributed by atoms with Crippen molar-refractivity contribution in [3.63, 3.8) is 0 Å². The van der Waals surface area contributed by atoms with E-state index in [0.29, 0.717) is 23.4 Å². The van der Waals surface area contributed by atoms with Crippen LogP contribution >= 0.6 is 11.8 Å². The second-order valence-electron chi connectivity index (χ2n) is 6.80. The first-order valence-corrected chi connectivity index (χ1v) is 10.0. The van der Waals surface area contributed by atoms with Crippen LogP contribution in [0.4, 0.5) is 5.69 Å². The van der Waals surface area contributed by atoms with Crippen molar-refractivity contribution in [1.29, 1.82) is 0 Å². The summed E-state index contributed by atoms with van der Waals surface area (Å²) >= 11 is 1.36. The van der Waals surface area contributed by atoms with Crippen molar-refractivity contribution in [3.05, 3.63) is 76.3 Å². The maximum atomic E-state index is 11.5. The highest BCUT2D eigenvalue weighted by Gasteiger charge is 2.19. The number of carbonyl (C=O) groups is 1. The molecule has 0 saturated carbocycles. The van der Waals surface area contributed by atoms with E-state index < -0.39 is 4.92 Å². The zero-order chi connectivity index (χ0) is 20.4. The van der Waals surface area contributed by atoms with Gasteiger partial charge < -0.3 is 0 Å². The first-order chi connectivity index (χ1) is 14.0. The van der Waals surface area contributed by atoms with Crippen LogP contribution in [0.15, 0.2) is 70.9 Å². The topological polar surface area (TPSA) is 84.9 Å². The molecule has 0 unspecified atom stereocenters. The van der Waals surface area contributed by atoms with Crippen LogP contribution in [0, 0.1) is 10.1 Å². The third-order valence-electron chi connectivity index (χ3n) is 4.59. The summed E-state index contributed by atoms with van der Waals surface area (Å²) < 4.78 is 0. The smallest absolute Gasteiger partial charge is 0.270 e. The number of hydrogen-bond acceptors (Lipinski definition) is 6. The number of rotatable bonds is 5. The molecule has 1 aliphatic rings. The molecular formula is C22H17N3O3S. The van der Waals surface area contributed by atoms with Gasteiger partial charge in [-0.3, -0.25) is 14.9 Å². The number of thioether (sulfide) groups is 1. The fourth-order valence-corrected chi connectivity index (χ4v) is 3.88. The van der Waals surface area contributed by atoms with Gasteiger partial charge in [-0.25, -0.2) is 0 Å². The number of nitro groups is 1. The lowest BCUT2D eigenvalue weighted by Crippen LogP contribution is -2.05. The Morgan fingerprint density at radius 3 is 2.52 bits per heavy atom. The van der Waals surface area contributed by atoms with Gasteiger partial charge in [0.1, 0.15) is 10.8 Å². The maximum absolute atomic E-state index is 11.5. The van der Waals surface area contributed by atoms with E-state index in [2.05, 4.69) is 10.2 Å². The molecular weight excluding hydrogens is 386 g/mol. The van der Waals surface area contributed by atoms with Gasteiger partial charge in [0.25, 0.3) is 5.69 Å². The summed E-state index contributed by atoms with van der Waals surface area (Å²) in [6.07, 6.45) is 0.469. The molecule has 0 aromatic heterocycles. The summed E-state index contributed by atoms with van der Waals surface area (Å²) in [6.45, 7) is 1.53. The van der Waals surface area contributed by atoms with Crippen molar-refractivity contribution in [1.82, 2.24) is 0 Å². The SMILES string of the molecule is CC(=O)CSC1=NN=C(c2cc(-c3ccc4ccccc4c3)cc([N+](=O)[O-])c2)C1. The molecule has 3 aromatic rings. The maximum Gasteiger partial charge on any atom is 0.270 e. The summed E-state index contributed by atoms with van der Waals surface area (Å²) in [5.41, 5.74) is 3.01. The minimum Gasteiger partial charge on any atom is -0.299 e. The summed E-state index contributed by atoms with van der Waals surface area (Å²) in [5.74, 6) is 0.416. The van der Waals surface area contributed by atoms with Gasteiger partial charge in [-0.05, 0) is 41.0 Å². The number of nitrogens with zero attached hydrogens (tertiary/aromatic N) is 3. The van der Waals surface area contributed by atoms with E-state index in [0.717, 1.165) is 26.9 Å². The van der Waals surface area contributed by atoms with Gasteiger partial charge in [0, 0.05) is 24.1 Å². The molecule has 0 fully saturated rings. The summed E-state index contributed by atoms with van der Waals surface area (Å²) in [4.78, 5) is 22.3. The minimum atomic E-state index is -0.393. The molecule has 29 heavy (non-hydrogen) atoms. The summed E-state index contributed by atoms with van der Waals surface area (Å²) in [5, 5.41) is 22.8. The van der Waals surface area contributed by atoms with E-state index in [1.54, 1.807) is 6.07 Å². The van der Waals surface area contributed by atoms with E-state index >= 15 is 0 Å². The molecule has 7 heteroatoms. The Labute approximate surface area is 171 Å². The Morgan fingerprint density at radius 2 is 1.76 bits per heavy atom. The molecule has 0 aliphatic carbocycles. The third-order valence-corrected chi connectivity index (χ3v) is 5.70. The number of non-ortho nitro benzene ring substituents is 1. The van der Waals surface area contributed by atoms with Crippen molar-refractivity contribution < 1.29 is 9.72 Å². The molecule has 0 amide bonds.